The zero-order valence-electron chi connectivity index (χ0n) is 13.9. The first kappa shape index (κ1) is 16.6. The average Bonchev–Trinajstić information content (AvgIpc) is 3.14. The third-order valence-electron chi connectivity index (χ3n) is 5.31. The van der Waals surface area contributed by atoms with Crippen molar-refractivity contribution in [2.24, 2.45) is 0 Å². The summed E-state index contributed by atoms with van der Waals surface area (Å²) >= 11 is 6.16. The molecule has 0 radical (unpaired) electrons. The molecular formula is C18H21ClN4O2. The zero-order chi connectivity index (χ0) is 17.4. The third-order valence-corrected chi connectivity index (χ3v) is 5.55. The minimum absolute atomic E-state index is 0.0877. The average molecular weight is 361 g/mol. The van der Waals surface area contributed by atoms with E-state index in [1.165, 1.54) is 0 Å². The number of amides is 1. The van der Waals surface area contributed by atoms with Gasteiger partial charge in [-0.2, -0.15) is 5.10 Å². The van der Waals surface area contributed by atoms with Gasteiger partial charge in [0.1, 0.15) is 0 Å². The monoisotopic (exact) mass is 360 g/mol. The topological polar surface area (TPSA) is 70.4 Å². The fraction of sp³-hybridized carbons (Fsp3) is 0.444. The van der Waals surface area contributed by atoms with Gasteiger partial charge in [-0.05, 0) is 49.7 Å². The molecule has 2 aromatic rings. The largest absolute Gasteiger partial charge is 0.394 e. The Morgan fingerprint density at radius 3 is 2.88 bits per heavy atom. The van der Waals surface area contributed by atoms with Crippen LogP contribution in [0.25, 0.3) is 0 Å². The van der Waals surface area contributed by atoms with Crippen LogP contribution in [0.3, 0.4) is 0 Å². The van der Waals surface area contributed by atoms with E-state index in [0.717, 1.165) is 49.3 Å². The van der Waals surface area contributed by atoms with Gasteiger partial charge < -0.3 is 10.4 Å². The number of halogens is 1. The van der Waals surface area contributed by atoms with Crippen LogP contribution in [0, 0.1) is 0 Å². The van der Waals surface area contributed by atoms with Crippen molar-refractivity contribution >= 4 is 23.2 Å². The lowest BCUT2D eigenvalue weighted by molar-refractivity contribution is -0.122. The van der Waals surface area contributed by atoms with Crippen molar-refractivity contribution < 1.29 is 9.90 Å². The van der Waals surface area contributed by atoms with Crippen LogP contribution in [0.5, 0.6) is 0 Å². The molecule has 0 atom stereocenters. The number of benzene rings is 1. The first-order valence-electron chi connectivity index (χ1n) is 8.57. The summed E-state index contributed by atoms with van der Waals surface area (Å²) in [4.78, 5) is 15.0. The number of fused-ring (bicyclic) bond motifs is 2. The van der Waals surface area contributed by atoms with Gasteiger partial charge in [-0.15, -0.1) is 0 Å². The number of nitrogens with one attached hydrogen (secondary N) is 1. The molecule has 4 rings (SSSR count). The normalized spacial score (nSPS) is 19.2. The molecule has 1 aromatic heterocycles. The Labute approximate surface area is 151 Å². The maximum atomic E-state index is 12.6. The highest BCUT2D eigenvalue weighted by Crippen LogP contribution is 2.45. The van der Waals surface area contributed by atoms with Gasteiger partial charge in [0.15, 0.2) is 0 Å². The van der Waals surface area contributed by atoms with Crippen molar-refractivity contribution in [3.05, 3.63) is 46.7 Å². The summed E-state index contributed by atoms with van der Waals surface area (Å²) in [6.07, 6.45) is 5.39. The van der Waals surface area contributed by atoms with Crippen molar-refractivity contribution in [1.29, 1.82) is 0 Å². The molecular weight excluding hydrogens is 340 g/mol. The second-order valence-electron chi connectivity index (χ2n) is 6.84. The lowest BCUT2D eigenvalue weighted by Crippen LogP contribution is -2.46. The zero-order valence-corrected chi connectivity index (χ0v) is 14.7. The quantitative estimate of drug-likeness (QED) is 0.875. The van der Waals surface area contributed by atoms with Crippen molar-refractivity contribution in [2.75, 3.05) is 25.0 Å². The van der Waals surface area contributed by atoms with Crippen LogP contribution in [0.2, 0.25) is 5.02 Å². The lowest BCUT2D eigenvalue weighted by Gasteiger charge is -2.37. The van der Waals surface area contributed by atoms with Crippen molar-refractivity contribution in [1.82, 2.24) is 14.7 Å². The summed E-state index contributed by atoms with van der Waals surface area (Å²) in [6.45, 7) is 3.12. The molecule has 0 aliphatic carbocycles. The molecule has 1 aromatic carbocycles. The van der Waals surface area contributed by atoms with Crippen molar-refractivity contribution in [3.63, 3.8) is 0 Å². The van der Waals surface area contributed by atoms with E-state index < -0.39 is 5.41 Å². The Bertz CT molecular complexity index is 796. The molecule has 0 bridgehead atoms. The first-order chi connectivity index (χ1) is 12.1. The van der Waals surface area contributed by atoms with Gasteiger partial charge >= 0.3 is 0 Å². The van der Waals surface area contributed by atoms with Crippen LogP contribution in [0.1, 0.15) is 24.0 Å². The summed E-state index contributed by atoms with van der Waals surface area (Å²) in [6, 6.07) is 5.65. The highest BCUT2D eigenvalue weighted by Gasteiger charge is 2.48. The molecule has 0 unspecified atom stereocenters. The van der Waals surface area contributed by atoms with Crippen LogP contribution in [-0.2, 0) is 23.3 Å². The predicted octanol–water partition coefficient (Wildman–Crippen LogP) is 2.01. The van der Waals surface area contributed by atoms with E-state index in [1.54, 1.807) is 4.68 Å². The van der Waals surface area contributed by atoms with E-state index >= 15 is 0 Å². The Hall–Kier alpha value is -1.89. The standard InChI is InChI=1S/C18H21ClN4O2/c19-14-1-2-16-15(9-14)18(17(25)21-16)3-5-22(6-4-18)11-13-10-20-23(12-13)7-8-24/h1-2,9-10,12,24H,3-8,11H2,(H,21,25). The van der Waals surface area contributed by atoms with Crippen LogP contribution in [0.15, 0.2) is 30.6 Å². The number of anilines is 1. The Morgan fingerprint density at radius 2 is 2.12 bits per heavy atom. The number of rotatable bonds is 4. The highest BCUT2D eigenvalue weighted by molar-refractivity contribution is 6.31. The van der Waals surface area contributed by atoms with Crippen LogP contribution < -0.4 is 5.32 Å². The summed E-state index contributed by atoms with van der Waals surface area (Å²) in [5.74, 6) is 0.0974. The SMILES string of the molecule is O=C1Nc2ccc(Cl)cc2C12CCN(Cc1cnn(CCO)c1)CC2. The van der Waals surface area contributed by atoms with Crippen LogP contribution in [0.4, 0.5) is 5.69 Å². The van der Waals surface area contributed by atoms with Gasteiger partial charge in [-0.3, -0.25) is 14.4 Å². The molecule has 2 N–H and O–H groups in total. The number of aliphatic hydroxyl groups excluding tert-OH is 1. The van der Waals surface area contributed by atoms with Gasteiger partial charge in [0.05, 0.1) is 24.8 Å². The summed E-state index contributed by atoms with van der Waals surface area (Å²) in [5.41, 5.74) is 2.62. The second kappa shape index (κ2) is 6.44. The van der Waals surface area contributed by atoms with Gasteiger partial charge in [-0.25, -0.2) is 0 Å². The van der Waals surface area contributed by atoms with Crippen molar-refractivity contribution in [3.8, 4) is 0 Å². The minimum atomic E-state index is -0.447. The number of likely N-dealkylation sites (tertiary alicyclic amines) is 1. The maximum Gasteiger partial charge on any atom is 0.235 e. The van der Waals surface area contributed by atoms with E-state index in [4.69, 9.17) is 16.7 Å². The highest BCUT2D eigenvalue weighted by atomic mass is 35.5. The van der Waals surface area contributed by atoms with Crippen LogP contribution >= 0.6 is 11.6 Å². The van der Waals surface area contributed by atoms with Gasteiger partial charge in [0.2, 0.25) is 5.91 Å². The summed E-state index contributed by atoms with van der Waals surface area (Å²) in [5, 5.41) is 16.9. The van der Waals surface area contributed by atoms with E-state index in [-0.39, 0.29) is 12.5 Å². The number of hydrogen-bond donors (Lipinski definition) is 2. The Balaban J connectivity index is 1.46. The Kier molecular flexibility index (Phi) is 4.27. The fourth-order valence-corrected chi connectivity index (χ4v) is 4.12. The van der Waals surface area contributed by atoms with Gasteiger partial charge in [0.25, 0.3) is 0 Å². The molecule has 1 spiro atoms. The molecule has 2 aliphatic heterocycles. The Morgan fingerprint density at radius 1 is 1.32 bits per heavy atom. The number of aromatic nitrogens is 2. The second-order valence-corrected chi connectivity index (χ2v) is 7.27. The number of hydrogen-bond acceptors (Lipinski definition) is 4. The number of carbonyl (C=O) groups is 1. The number of carbonyl (C=O) groups excluding carboxylic acids is 1. The predicted molar refractivity (Wildman–Crippen MR) is 95.6 cm³/mol. The number of piperidine rings is 1. The van der Waals surface area contributed by atoms with Crippen LogP contribution in [-0.4, -0.2) is 45.4 Å². The molecule has 1 fully saturated rings. The van der Waals surface area contributed by atoms with Crippen molar-refractivity contribution in [2.45, 2.75) is 31.3 Å². The van der Waals surface area contributed by atoms with E-state index in [0.29, 0.717) is 11.6 Å². The molecule has 7 heteroatoms. The molecule has 2 aliphatic rings. The van der Waals surface area contributed by atoms with E-state index in [9.17, 15) is 4.79 Å². The van der Waals surface area contributed by atoms with Gasteiger partial charge in [-0.1, -0.05) is 11.6 Å². The van der Waals surface area contributed by atoms with E-state index in [1.807, 2.05) is 30.6 Å². The minimum Gasteiger partial charge on any atom is -0.394 e. The fourth-order valence-electron chi connectivity index (χ4n) is 3.95. The lowest BCUT2D eigenvalue weighted by atomic mass is 9.73. The molecule has 25 heavy (non-hydrogen) atoms. The molecule has 1 amide bonds. The molecule has 3 heterocycles. The summed E-state index contributed by atoms with van der Waals surface area (Å²) < 4.78 is 1.75. The number of aliphatic hydroxyl groups is 1. The number of nitrogens with zero attached hydrogens (tertiary/aromatic N) is 3. The maximum absolute atomic E-state index is 12.6. The van der Waals surface area contributed by atoms with Gasteiger partial charge in [0, 0.05) is 29.0 Å². The molecule has 1 saturated heterocycles. The molecule has 132 valence electrons. The third kappa shape index (κ3) is 2.94. The molecule has 0 saturated carbocycles. The smallest absolute Gasteiger partial charge is 0.235 e. The first-order valence-corrected chi connectivity index (χ1v) is 8.94. The molecule has 6 nitrogen and oxygen atoms in total. The van der Waals surface area contributed by atoms with E-state index in [2.05, 4.69) is 15.3 Å². The summed E-state index contributed by atoms with van der Waals surface area (Å²) in [7, 11) is 0.